The first-order valence-electron chi connectivity index (χ1n) is 19.9. The molecule has 8 nitrogen and oxygen atoms in total. The lowest BCUT2D eigenvalue weighted by atomic mass is 10.1. The third-order valence-corrected chi connectivity index (χ3v) is 8.84. The number of carboxylic acids is 1. The normalized spacial score (nSPS) is 13.2. The van der Waals surface area contributed by atoms with Crippen LogP contribution in [0.5, 0.6) is 0 Å². The summed E-state index contributed by atoms with van der Waals surface area (Å²) in [7, 11) is 5.39. The average Bonchev–Trinajstić information content (AvgIpc) is 3.05. The summed E-state index contributed by atoms with van der Waals surface area (Å²) in [6.07, 6.45) is 33.4. The highest BCUT2D eigenvalue weighted by atomic mass is 16.6. The Morgan fingerprint density at radius 2 is 1.08 bits per heavy atom. The van der Waals surface area contributed by atoms with Crippen LogP contribution in [0, 0.1) is 0 Å². The first-order chi connectivity index (χ1) is 23.6. The van der Waals surface area contributed by atoms with E-state index in [1.54, 1.807) is 21.1 Å². The molecule has 0 heterocycles. The molecule has 0 bridgehead atoms. The summed E-state index contributed by atoms with van der Waals surface area (Å²) >= 11 is 0. The van der Waals surface area contributed by atoms with Crippen LogP contribution in [-0.2, 0) is 28.6 Å². The number of esters is 2. The van der Waals surface area contributed by atoms with E-state index >= 15 is 0 Å². The van der Waals surface area contributed by atoms with Gasteiger partial charge in [0.25, 0.3) is 0 Å². The predicted octanol–water partition coefficient (Wildman–Crippen LogP) is 8.80. The van der Waals surface area contributed by atoms with Gasteiger partial charge in [0.2, 0.25) is 0 Å². The third-order valence-electron chi connectivity index (χ3n) is 8.84. The number of hydrogen-bond donors (Lipinski definition) is 0. The van der Waals surface area contributed by atoms with E-state index in [0.29, 0.717) is 12.8 Å². The van der Waals surface area contributed by atoms with Gasteiger partial charge >= 0.3 is 11.9 Å². The lowest BCUT2D eigenvalue weighted by molar-refractivity contribution is -0.889. The zero-order valence-electron chi connectivity index (χ0n) is 32.4. The predicted molar refractivity (Wildman–Crippen MR) is 199 cm³/mol. The fourth-order valence-electron chi connectivity index (χ4n) is 5.69. The second kappa shape index (κ2) is 33.0. The zero-order chi connectivity index (χ0) is 36.4. The third kappa shape index (κ3) is 31.5. The second-order valence-electron chi connectivity index (χ2n) is 14.5. The second-order valence-corrected chi connectivity index (χ2v) is 14.5. The molecule has 0 radical (unpaired) electrons. The summed E-state index contributed by atoms with van der Waals surface area (Å²) in [5.41, 5.74) is 0. The highest BCUT2D eigenvalue weighted by Gasteiger charge is 2.25. The van der Waals surface area contributed by atoms with Crippen molar-refractivity contribution in [2.45, 2.75) is 180 Å². The number of unbranched alkanes of at least 4 members (excludes halogenated alkanes) is 17. The number of rotatable bonds is 35. The molecule has 0 spiro atoms. The van der Waals surface area contributed by atoms with Crippen molar-refractivity contribution in [2.75, 3.05) is 41.0 Å². The molecule has 286 valence electrons. The maximum atomic E-state index is 12.6. The Balaban J connectivity index is 4.35. The molecule has 0 rings (SSSR count). The maximum absolute atomic E-state index is 12.6. The fraction of sp³-hybridized carbons (Fsp3) is 0.829. The maximum Gasteiger partial charge on any atom is 0.306 e. The summed E-state index contributed by atoms with van der Waals surface area (Å²) in [5.74, 6) is -1.75. The van der Waals surface area contributed by atoms with E-state index in [0.717, 1.165) is 51.4 Å². The van der Waals surface area contributed by atoms with Crippen LogP contribution in [0.4, 0.5) is 0 Å². The molecule has 2 unspecified atom stereocenters. The number of ether oxygens (including phenoxy) is 3. The zero-order valence-corrected chi connectivity index (χ0v) is 32.4. The molecular formula is C41H75NO7. The van der Waals surface area contributed by atoms with Crippen molar-refractivity contribution in [3.63, 3.8) is 0 Å². The molecule has 0 aromatic carbocycles. The molecule has 0 amide bonds. The SMILES string of the molecule is CCCCC/C=C\C/C=C\CCCCCCCCCC(=O)OC(COCCC(C(=O)[O-])[N+](C)(C)C)COC(=O)CCCCCCCCCC. The van der Waals surface area contributed by atoms with Gasteiger partial charge in [0.15, 0.2) is 6.10 Å². The monoisotopic (exact) mass is 694 g/mol. The molecule has 2 atom stereocenters. The Morgan fingerprint density at radius 1 is 0.612 bits per heavy atom. The van der Waals surface area contributed by atoms with Crippen molar-refractivity contribution in [3.8, 4) is 0 Å². The van der Waals surface area contributed by atoms with Gasteiger partial charge in [0.1, 0.15) is 12.6 Å². The smallest absolute Gasteiger partial charge is 0.306 e. The van der Waals surface area contributed by atoms with E-state index < -0.39 is 18.1 Å². The summed E-state index contributed by atoms with van der Waals surface area (Å²) < 4.78 is 17.1. The van der Waals surface area contributed by atoms with Gasteiger partial charge in [-0.3, -0.25) is 9.59 Å². The Morgan fingerprint density at radius 3 is 1.61 bits per heavy atom. The Bertz CT molecular complexity index is 864. The number of aliphatic carboxylic acids is 1. The van der Waals surface area contributed by atoms with Gasteiger partial charge in [-0.2, -0.15) is 0 Å². The number of allylic oxidation sites excluding steroid dienone is 4. The van der Waals surface area contributed by atoms with Crippen LogP contribution in [0.3, 0.4) is 0 Å². The van der Waals surface area contributed by atoms with Gasteiger partial charge in [-0.25, -0.2) is 0 Å². The molecule has 8 heteroatoms. The van der Waals surface area contributed by atoms with Crippen molar-refractivity contribution >= 4 is 17.9 Å². The number of hydrogen-bond acceptors (Lipinski definition) is 7. The van der Waals surface area contributed by atoms with Crippen LogP contribution >= 0.6 is 0 Å². The molecule has 49 heavy (non-hydrogen) atoms. The minimum absolute atomic E-state index is 0.0403. The average molecular weight is 694 g/mol. The molecule has 0 saturated carbocycles. The number of carbonyl (C=O) groups is 3. The highest BCUT2D eigenvalue weighted by Crippen LogP contribution is 2.13. The van der Waals surface area contributed by atoms with E-state index in [1.807, 2.05) is 0 Å². The van der Waals surface area contributed by atoms with E-state index in [1.165, 1.54) is 83.5 Å². The van der Waals surface area contributed by atoms with Crippen LogP contribution in [-0.4, -0.2) is 75.5 Å². The van der Waals surface area contributed by atoms with Crippen molar-refractivity contribution in [1.82, 2.24) is 0 Å². The molecule has 0 aromatic rings. The topological polar surface area (TPSA) is 102 Å². The van der Waals surface area contributed by atoms with Crippen LogP contribution in [0.25, 0.3) is 0 Å². The largest absolute Gasteiger partial charge is 0.544 e. The molecule has 0 fully saturated rings. The number of likely N-dealkylation sites (N-methyl/N-ethyl adjacent to an activating group) is 1. The van der Waals surface area contributed by atoms with E-state index in [9.17, 15) is 19.5 Å². The van der Waals surface area contributed by atoms with Gasteiger partial charge < -0.3 is 28.6 Å². The molecule has 0 aliphatic rings. The molecule has 0 saturated heterocycles. The lowest BCUT2D eigenvalue weighted by Crippen LogP contribution is -2.55. The molecule has 0 N–H and O–H groups in total. The van der Waals surface area contributed by atoms with Gasteiger partial charge in [-0.1, -0.05) is 128 Å². The fourth-order valence-corrected chi connectivity index (χ4v) is 5.69. The Hall–Kier alpha value is -2.19. The minimum atomic E-state index is -1.13. The summed E-state index contributed by atoms with van der Waals surface area (Å²) in [6, 6.07) is -0.723. The van der Waals surface area contributed by atoms with Gasteiger partial charge in [0, 0.05) is 19.3 Å². The van der Waals surface area contributed by atoms with Crippen LogP contribution in [0.2, 0.25) is 0 Å². The van der Waals surface area contributed by atoms with Crippen LogP contribution < -0.4 is 5.11 Å². The van der Waals surface area contributed by atoms with Crippen molar-refractivity contribution in [3.05, 3.63) is 24.3 Å². The van der Waals surface area contributed by atoms with E-state index in [-0.39, 0.29) is 42.7 Å². The summed E-state index contributed by atoms with van der Waals surface area (Å²) in [6.45, 7) is 4.59. The lowest BCUT2D eigenvalue weighted by Gasteiger charge is -2.34. The standard InChI is InChI=1S/C41H75NO7/c1-6-8-10-12-14-16-17-18-19-20-21-22-23-24-26-28-30-32-40(44)49-37(35-47-34-33-38(41(45)46)42(3,4)5)36-48-39(43)31-29-27-25-15-13-11-9-7-2/h14,16,18-19,37-38H,6-13,15,17,20-36H2,1-5H3/b16-14-,19-18-. The molecular weight excluding hydrogens is 618 g/mol. The van der Waals surface area contributed by atoms with Crippen molar-refractivity contribution < 1.29 is 38.2 Å². The quantitative estimate of drug-likeness (QED) is 0.0283. The minimum Gasteiger partial charge on any atom is -0.544 e. The first-order valence-corrected chi connectivity index (χ1v) is 19.9. The Kier molecular flexibility index (Phi) is 31.5. The molecule has 0 aromatic heterocycles. The number of carboxylic acid groups (broad SMARTS) is 1. The highest BCUT2D eigenvalue weighted by molar-refractivity contribution is 5.70. The van der Waals surface area contributed by atoms with Gasteiger partial charge in [0.05, 0.1) is 40.3 Å². The molecule has 0 aliphatic heterocycles. The van der Waals surface area contributed by atoms with Crippen LogP contribution in [0.1, 0.15) is 168 Å². The summed E-state index contributed by atoms with van der Waals surface area (Å²) in [5, 5.41) is 11.6. The van der Waals surface area contributed by atoms with E-state index in [4.69, 9.17) is 14.2 Å². The van der Waals surface area contributed by atoms with Crippen molar-refractivity contribution in [1.29, 1.82) is 0 Å². The molecule has 0 aliphatic carbocycles. The van der Waals surface area contributed by atoms with Crippen molar-refractivity contribution in [2.24, 2.45) is 0 Å². The first kappa shape index (κ1) is 46.8. The van der Waals surface area contributed by atoms with Crippen LogP contribution in [0.15, 0.2) is 24.3 Å². The van der Waals surface area contributed by atoms with Gasteiger partial charge in [-0.05, 0) is 44.9 Å². The summed E-state index contributed by atoms with van der Waals surface area (Å²) in [4.78, 5) is 36.6. The number of carbonyl (C=O) groups excluding carboxylic acids is 3. The van der Waals surface area contributed by atoms with E-state index in [2.05, 4.69) is 38.2 Å². The number of nitrogens with zero attached hydrogens (tertiary/aromatic N) is 1. The number of quaternary nitrogens is 1. The van der Waals surface area contributed by atoms with Gasteiger partial charge in [-0.15, -0.1) is 0 Å². The Labute approximate surface area is 301 Å².